The lowest BCUT2D eigenvalue weighted by Gasteiger charge is -2.10. The summed E-state index contributed by atoms with van der Waals surface area (Å²) in [6, 6.07) is 12.6. The number of rotatable bonds is 5. The highest BCUT2D eigenvalue weighted by atomic mass is 35.5. The van der Waals surface area contributed by atoms with Crippen LogP contribution in [-0.2, 0) is 16.3 Å². The third-order valence-corrected chi connectivity index (χ3v) is 5.22. The van der Waals surface area contributed by atoms with Crippen molar-refractivity contribution in [1.29, 1.82) is 5.26 Å². The summed E-state index contributed by atoms with van der Waals surface area (Å²) in [7, 11) is -4.20. The number of hydrogen-bond acceptors (Lipinski definition) is 6. The number of pyridine rings is 1. The molecule has 0 atom stereocenters. The summed E-state index contributed by atoms with van der Waals surface area (Å²) in [6.45, 7) is 0. The molecule has 0 amide bonds. The molecule has 0 unspecified atom stereocenters. The number of nitriles is 1. The number of alkyl halides is 3. The van der Waals surface area contributed by atoms with E-state index >= 15 is 0 Å². The Labute approximate surface area is 174 Å². The molecule has 3 rings (SSSR count). The minimum Gasteiger partial charge on any atom is -0.439 e. The number of nitrogens with zero attached hydrogens (tertiary/aromatic N) is 2. The van der Waals surface area contributed by atoms with Gasteiger partial charge in [-0.15, -0.1) is 0 Å². The lowest BCUT2D eigenvalue weighted by Crippen LogP contribution is -2.09. The van der Waals surface area contributed by atoms with Gasteiger partial charge in [0.05, 0.1) is 16.1 Å². The molecule has 0 aliphatic rings. The normalized spacial score (nSPS) is 11.6. The summed E-state index contributed by atoms with van der Waals surface area (Å²) in [4.78, 5) is 3.34. The molecule has 0 aliphatic carbocycles. The summed E-state index contributed by atoms with van der Waals surface area (Å²) in [5, 5.41) is 8.81. The third kappa shape index (κ3) is 5.00. The molecule has 2 aromatic carbocycles. The Morgan fingerprint density at radius 1 is 1.00 bits per heavy atom. The maximum Gasteiger partial charge on any atom is 0.417 e. The highest BCUT2D eigenvalue weighted by molar-refractivity contribution is 7.87. The maximum atomic E-state index is 12.5. The van der Waals surface area contributed by atoms with Crippen LogP contribution in [0.4, 0.5) is 13.2 Å². The highest BCUT2D eigenvalue weighted by Crippen LogP contribution is 2.30. The average molecular weight is 455 g/mol. The Morgan fingerprint density at radius 2 is 1.67 bits per heavy atom. The van der Waals surface area contributed by atoms with E-state index in [9.17, 15) is 21.6 Å². The molecule has 0 saturated heterocycles. The highest BCUT2D eigenvalue weighted by Gasteiger charge is 2.30. The summed E-state index contributed by atoms with van der Waals surface area (Å²) >= 11 is 5.84. The summed E-state index contributed by atoms with van der Waals surface area (Å²) < 4.78 is 72.7. The van der Waals surface area contributed by atoms with Crippen LogP contribution in [0.3, 0.4) is 0 Å². The van der Waals surface area contributed by atoms with E-state index in [-0.39, 0.29) is 32.9 Å². The van der Waals surface area contributed by atoms with E-state index < -0.39 is 21.9 Å². The summed E-state index contributed by atoms with van der Waals surface area (Å²) in [5.41, 5.74) is -0.791. The van der Waals surface area contributed by atoms with E-state index in [4.69, 9.17) is 25.8 Å². The quantitative estimate of drug-likeness (QED) is 0.493. The molecule has 30 heavy (non-hydrogen) atoms. The zero-order valence-corrected chi connectivity index (χ0v) is 16.3. The van der Waals surface area contributed by atoms with E-state index in [1.54, 1.807) is 0 Å². The predicted octanol–water partition coefficient (Wildman–Crippen LogP) is 5.19. The number of hydrogen-bond donors (Lipinski definition) is 0. The van der Waals surface area contributed by atoms with Crippen molar-refractivity contribution in [3.05, 3.63) is 76.9 Å². The number of benzene rings is 2. The largest absolute Gasteiger partial charge is 0.439 e. The van der Waals surface area contributed by atoms with Crippen molar-refractivity contribution in [1.82, 2.24) is 4.98 Å². The van der Waals surface area contributed by atoms with Crippen LogP contribution in [0, 0.1) is 11.3 Å². The SMILES string of the molecule is N#Cc1ccc(S(=O)(=O)Oc2ccc(Oc3ccc(C(F)(F)F)cn3)cc2)cc1Cl. The summed E-state index contributed by atoms with van der Waals surface area (Å²) in [6.07, 6.45) is -3.86. The molecule has 0 spiro atoms. The molecule has 0 saturated carbocycles. The standard InChI is InChI=1S/C19H10ClF3N2O4S/c20-17-9-16(7-1-12(17)10-24)30(26,27)29-15-5-3-14(4-6-15)28-18-8-2-13(11-25-18)19(21,22)23/h1-9,11H. The van der Waals surface area contributed by atoms with Crippen molar-refractivity contribution in [3.63, 3.8) is 0 Å². The van der Waals surface area contributed by atoms with Crippen molar-refractivity contribution < 1.29 is 30.5 Å². The first-order chi connectivity index (χ1) is 14.1. The molecule has 6 nitrogen and oxygen atoms in total. The van der Waals surface area contributed by atoms with Crippen LogP contribution >= 0.6 is 11.6 Å². The second-order valence-electron chi connectivity index (χ2n) is 5.75. The molecule has 0 fully saturated rings. The average Bonchev–Trinajstić information content (AvgIpc) is 2.69. The van der Waals surface area contributed by atoms with Crippen LogP contribution < -0.4 is 8.92 Å². The molecular formula is C19H10ClF3N2O4S. The van der Waals surface area contributed by atoms with Gasteiger partial charge in [0.1, 0.15) is 22.5 Å². The van der Waals surface area contributed by atoms with Gasteiger partial charge < -0.3 is 8.92 Å². The van der Waals surface area contributed by atoms with Crippen LogP contribution in [0.1, 0.15) is 11.1 Å². The lowest BCUT2D eigenvalue weighted by molar-refractivity contribution is -0.137. The Kier molecular flexibility index (Phi) is 5.87. The van der Waals surface area contributed by atoms with Gasteiger partial charge in [0.2, 0.25) is 5.88 Å². The summed E-state index contributed by atoms with van der Waals surface area (Å²) in [5.74, 6) is 0.0909. The fourth-order valence-corrected chi connectivity index (χ4v) is 3.45. The van der Waals surface area contributed by atoms with Crippen LogP contribution in [-0.4, -0.2) is 13.4 Å². The molecule has 0 N–H and O–H groups in total. The molecule has 0 radical (unpaired) electrons. The van der Waals surface area contributed by atoms with E-state index in [2.05, 4.69) is 4.98 Å². The molecule has 1 aromatic heterocycles. The third-order valence-electron chi connectivity index (χ3n) is 3.67. The molecule has 154 valence electrons. The predicted molar refractivity (Wildman–Crippen MR) is 99.7 cm³/mol. The second kappa shape index (κ2) is 8.22. The molecule has 3 aromatic rings. The molecular weight excluding hydrogens is 445 g/mol. The zero-order chi connectivity index (χ0) is 21.9. The minimum atomic E-state index is -4.50. The van der Waals surface area contributed by atoms with Gasteiger partial charge in [0.15, 0.2) is 0 Å². The second-order valence-corrected chi connectivity index (χ2v) is 7.70. The first-order valence-corrected chi connectivity index (χ1v) is 9.82. The topological polar surface area (TPSA) is 89.3 Å². The van der Waals surface area contributed by atoms with Gasteiger partial charge >= 0.3 is 16.3 Å². The van der Waals surface area contributed by atoms with E-state index in [0.29, 0.717) is 6.20 Å². The number of halogens is 4. The van der Waals surface area contributed by atoms with Crippen molar-refractivity contribution in [3.8, 4) is 23.4 Å². The van der Waals surface area contributed by atoms with Gasteiger partial charge in [-0.05, 0) is 48.5 Å². The van der Waals surface area contributed by atoms with E-state index in [0.717, 1.165) is 18.2 Å². The Hall–Kier alpha value is -3.29. The van der Waals surface area contributed by atoms with Crippen LogP contribution in [0.2, 0.25) is 5.02 Å². The van der Waals surface area contributed by atoms with Crippen molar-refractivity contribution in [2.24, 2.45) is 0 Å². The van der Waals surface area contributed by atoms with E-state index in [1.165, 1.54) is 36.4 Å². The van der Waals surface area contributed by atoms with Crippen LogP contribution in [0.25, 0.3) is 0 Å². The monoisotopic (exact) mass is 454 g/mol. The first-order valence-electron chi connectivity index (χ1n) is 8.04. The number of aromatic nitrogens is 1. The lowest BCUT2D eigenvalue weighted by atomic mass is 10.2. The fourth-order valence-electron chi connectivity index (χ4n) is 2.21. The molecule has 1 heterocycles. The Balaban J connectivity index is 1.71. The Morgan fingerprint density at radius 3 is 2.20 bits per heavy atom. The molecule has 0 aliphatic heterocycles. The molecule has 11 heteroatoms. The number of ether oxygens (including phenoxy) is 1. The minimum absolute atomic E-state index is 0.0324. The Bertz CT molecular complexity index is 1210. The van der Waals surface area contributed by atoms with E-state index in [1.807, 2.05) is 6.07 Å². The first kappa shape index (κ1) is 21.4. The van der Waals surface area contributed by atoms with Crippen LogP contribution in [0.15, 0.2) is 65.7 Å². The zero-order valence-electron chi connectivity index (χ0n) is 14.7. The van der Waals surface area contributed by atoms with Gasteiger partial charge in [-0.1, -0.05) is 11.6 Å². The van der Waals surface area contributed by atoms with Gasteiger partial charge in [0, 0.05) is 12.3 Å². The van der Waals surface area contributed by atoms with Gasteiger partial charge in [0.25, 0.3) is 0 Å². The van der Waals surface area contributed by atoms with Gasteiger partial charge in [-0.3, -0.25) is 0 Å². The fraction of sp³-hybridized carbons (Fsp3) is 0.0526. The van der Waals surface area contributed by atoms with Gasteiger partial charge in [-0.25, -0.2) is 4.98 Å². The van der Waals surface area contributed by atoms with Crippen molar-refractivity contribution >= 4 is 21.7 Å². The molecule has 0 bridgehead atoms. The van der Waals surface area contributed by atoms with Crippen molar-refractivity contribution in [2.75, 3.05) is 0 Å². The smallest absolute Gasteiger partial charge is 0.417 e. The maximum absolute atomic E-state index is 12.5. The van der Waals surface area contributed by atoms with Gasteiger partial charge in [-0.2, -0.15) is 26.9 Å². The van der Waals surface area contributed by atoms with Crippen LogP contribution in [0.5, 0.6) is 17.4 Å². The van der Waals surface area contributed by atoms with Crippen molar-refractivity contribution in [2.45, 2.75) is 11.1 Å².